The summed E-state index contributed by atoms with van der Waals surface area (Å²) in [6.45, 7) is 6.18. The number of hydrogen-bond donors (Lipinski definition) is 2. The van der Waals surface area contributed by atoms with Gasteiger partial charge in [-0.3, -0.25) is 20.4 Å². The second kappa shape index (κ2) is 9.07. The first kappa shape index (κ1) is 21.0. The van der Waals surface area contributed by atoms with E-state index < -0.39 is 11.8 Å². The molecule has 0 aliphatic rings. The van der Waals surface area contributed by atoms with Crippen molar-refractivity contribution < 1.29 is 19.1 Å². The van der Waals surface area contributed by atoms with Crippen molar-refractivity contribution in [3.8, 4) is 11.5 Å². The molecule has 0 aliphatic carbocycles. The Morgan fingerprint density at radius 2 is 1.70 bits per heavy atom. The summed E-state index contributed by atoms with van der Waals surface area (Å²) >= 11 is 2.08. The number of rotatable bonds is 5. The van der Waals surface area contributed by atoms with Crippen molar-refractivity contribution in [2.45, 2.75) is 26.2 Å². The molecule has 0 heterocycles. The molecule has 2 aromatic rings. The molecule has 2 amide bonds. The van der Waals surface area contributed by atoms with Crippen LogP contribution in [0.1, 0.15) is 36.7 Å². The van der Waals surface area contributed by atoms with Gasteiger partial charge in [-0.25, -0.2) is 0 Å². The molecule has 2 rings (SSSR count). The van der Waals surface area contributed by atoms with E-state index in [0.717, 1.165) is 3.57 Å². The molecule has 0 fully saturated rings. The monoisotopic (exact) mass is 482 g/mol. The van der Waals surface area contributed by atoms with Gasteiger partial charge in [-0.1, -0.05) is 32.9 Å². The first-order valence-electron chi connectivity index (χ1n) is 8.37. The fraction of sp³-hybridized carbons (Fsp3) is 0.300. The number of hydrazine groups is 1. The van der Waals surface area contributed by atoms with Crippen LogP contribution in [-0.4, -0.2) is 25.5 Å². The highest BCUT2D eigenvalue weighted by Crippen LogP contribution is 2.24. The van der Waals surface area contributed by atoms with Gasteiger partial charge in [-0.15, -0.1) is 0 Å². The van der Waals surface area contributed by atoms with E-state index in [1.165, 1.54) is 5.56 Å². The summed E-state index contributed by atoms with van der Waals surface area (Å²) in [6, 6.07) is 12.6. The van der Waals surface area contributed by atoms with Crippen molar-refractivity contribution in [1.29, 1.82) is 0 Å². The average Bonchev–Trinajstić information content (AvgIpc) is 2.64. The predicted molar refractivity (Wildman–Crippen MR) is 112 cm³/mol. The number of methoxy groups -OCH3 is 1. The van der Waals surface area contributed by atoms with Crippen LogP contribution in [0.15, 0.2) is 42.5 Å². The van der Waals surface area contributed by atoms with Crippen LogP contribution in [0.2, 0.25) is 0 Å². The molecule has 0 aliphatic heterocycles. The van der Waals surface area contributed by atoms with Gasteiger partial charge < -0.3 is 9.47 Å². The molecule has 0 bridgehead atoms. The van der Waals surface area contributed by atoms with E-state index in [4.69, 9.17) is 9.47 Å². The molecular formula is C20H23IN2O4. The molecule has 144 valence electrons. The van der Waals surface area contributed by atoms with Gasteiger partial charge in [-0.2, -0.15) is 0 Å². The molecule has 2 N–H and O–H groups in total. The van der Waals surface area contributed by atoms with E-state index in [-0.39, 0.29) is 12.0 Å². The van der Waals surface area contributed by atoms with Crippen LogP contribution in [0.3, 0.4) is 0 Å². The SMILES string of the molecule is COc1ccc(C(=O)NNC(=O)COc2ccc(C(C)(C)C)cc2)cc1I. The molecule has 2 aromatic carbocycles. The van der Waals surface area contributed by atoms with Gasteiger partial charge >= 0.3 is 0 Å². The third-order valence-corrected chi connectivity index (χ3v) is 4.66. The number of benzene rings is 2. The Labute approximate surface area is 172 Å². The maximum absolute atomic E-state index is 12.1. The molecule has 7 heteroatoms. The Hall–Kier alpha value is -2.29. The van der Waals surface area contributed by atoms with Gasteiger partial charge in [0.1, 0.15) is 11.5 Å². The summed E-state index contributed by atoms with van der Waals surface area (Å²) in [5, 5.41) is 0. The molecule has 0 saturated carbocycles. The smallest absolute Gasteiger partial charge is 0.276 e. The highest BCUT2D eigenvalue weighted by molar-refractivity contribution is 14.1. The summed E-state index contributed by atoms with van der Waals surface area (Å²) in [6.07, 6.45) is 0. The third kappa shape index (κ3) is 6.13. The first-order chi connectivity index (χ1) is 12.7. The number of halogens is 1. The van der Waals surface area contributed by atoms with Crippen LogP contribution in [0.25, 0.3) is 0 Å². The summed E-state index contributed by atoms with van der Waals surface area (Å²) in [5.41, 5.74) is 6.36. The van der Waals surface area contributed by atoms with Crippen molar-refractivity contribution in [2.75, 3.05) is 13.7 Å². The van der Waals surface area contributed by atoms with E-state index in [0.29, 0.717) is 17.1 Å². The van der Waals surface area contributed by atoms with Crippen molar-refractivity contribution in [3.63, 3.8) is 0 Å². The zero-order chi connectivity index (χ0) is 20.0. The quantitative estimate of drug-likeness (QED) is 0.506. The maximum Gasteiger partial charge on any atom is 0.276 e. The Morgan fingerprint density at radius 1 is 1.04 bits per heavy atom. The van der Waals surface area contributed by atoms with Crippen molar-refractivity contribution in [2.24, 2.45) is 0 Å². The third-order valence-electron chi connectivity index (χ3n) is 3.82. The van der Waals surface area contributed by atoms with Crippen LogP contribution < -0.4 is 20.3 Å². The standard InChI is InChI=1S/C20H23IN2O4/c1-20(2,3)14-6-8-15(9-7-14)27-12-18(24)22-23-19(25)13-5-10-17(26-4)16(21)11-13/h5-11H,12H2,1-4H3,(H,22,24)(H,23,25). The Bertz CT molecular complexity index is 814. The minimum Gasteiger partial charge on any atom is -0.496 e. The number of carbonyl (C=O) groups excluding carboxylic acids is 2. The zero-order valence-corrected chi connectivity index (χ0v) is 17.9. The van der Waals surface area contributed by atoms with E-state index in [2.05, 4.69) is 54.2 Å². The molecule has 6 nitrogen and oxygen atoms in total. The summed E-state index contributed by atoms with van der Waals surface area (Å²) < 4.78 is 11.4. The minimum absolute atomic E-state index is 0.0550. The summed E-state index contributed by atoms with van der Waals surface area (Å²) in [7, 11) is 1.56. The maximum atomic E-state index is 12.1. The van der Waals surface area contributed by atoms with Gasteiger partial charge in [0.05, 0.1) is 10.7 Å². The van der Waals surface area contributed by atoms with Gasteiger partial charge in [0.2, 0.25) is 0 Å². The minimum atomic E-state index is -0.452. The second-order valence-electron chi connectivity index (χ2n) is 6.91. The van der Waals surface area contributed by atoms with Crippen LogP contribution >= 0.6 is 22.6 Å². The van der Waals surface area contributed by atoms with Crippen molar-refractivity contribution >= 4 is 34.4 Å². The van der Waals surface area contributed by atoms with Gasteiger partial charge in [0, 0.05) is 5.56 Å². The van der Waals surface area contributed by atoms with E-state index in [1.807, 2.05) is 24.3 Å². The van der Waals surface area contributed by atoms with Crippen LogP contribution in [0.5, 0.6) is 11.5 Å². The number of nitrogens with one attached hydrogen (secondary N) is 2. The summed E-state index contributed by atoms with van der Waals surface area (Å²) in [5.74, 6) is 0.404. The van der Waals surface area contributed by atoms with E-state index in [1.54, 1.807) is 25.3 Å². The predicted octanol–water partition coefficient (Wildman–Crippen LogP) is 3.44. The number of ether oxygens (including phenoxy) is 2. The topological polar surface area (TPSA) is 76.7 Å². The molecule has 0 aromatic heterocycles. The average molecular weight is 482 g/mol. The Kier molecular flexibility index (Phi) is 7.06. The highest BCUT2D eigenvalue weighted by Gasteiger charge is 2.13. The molecule has 0 spiro atoms. The Morgan fingerprint density at radius 3 is 2.26 bits per heavy atom. The van der Waals surface area contributed by atoms with E-state index >= 15 is 0 Å². The molecule has 0 saturated heterocycles. The lowest BCUT2D eigenvalue weighted by molar-refractivity contribution is -0.123. The molecule has 0 unspecified atom stereocenters. The zero-order valence-electron chi connectivity index (χ0n) is 15.8. The van der Waals surface area contributed by atoms with Crippen LogP contribution in [-0.2, 0) is 10.2 Å². The van der Waals surface area contributed by atoms with Crippen LogP contribution in [0.4, 0.5) is 0 Å². The van der Waals surface area contributed by atoms with Crippen LogP contribution in [0, 0.1) is 3.57 Å². The molecule has 0 radical (unpaired) electrons. The lowest BCUT2D eigenvalue weighted by Gasteiger charge is -2.19. The van der Waals surface area contributed by atoms with Gasteiger partial charge in [-0.05, 0) is 63.9 Å². The largest absolute Gasteiger partial charge is 0.496 e. The first-order valence-corrected chi connectivity index (χ1v) is 9.44. The second-order valence-corrected chi connectivity index (χ2v) is 8.08. The lowest BCUT2D eigenvalue weighted by atomic mass is 9.87. The van der Waals surface area contributed by atoms with Crippen molar-refractivity contribution in [1.82, 2.24) is 10.9 Å². The fourth-order valence-corrected chi connectivity index (χ4v) is 2.98. The number of hydrogen-bond acceptors (Lipinski definition) is 4. The molecule has 27 heavy (non-hydrogen) atoms. The normalized spacial score (nSPS) is 10.9. The van der Waals surface area contributed by atoms with Gasteiger partial charge in [0.25, 0.3) is 11.8 Å². The van der Waals surface area contributed by atoms with Crippen molar-refractivity contribution in [3.05, 3.63) is 57.2 Å². The van der Waals surface area contributed by atoms with E-state index in [9.17, 15) is 9.59 Å². The number of amides is 2. The number of carbonyl (C=O) groups is 2. The fourth-order valence-electron chi connectivity index (χ4n) is 2.24. The lowest BCUT2D eigenvalue weighted by Crippen LogP contribution is -2.43. The molecule has 0 atom stereocenters. The molecular weight excluding hydrogens is 459 g/mol. The Balaban J connectivity index is 1.82. The summed E-state index contributed by atoms with van der Waals surface area (Å²) in [4.78, 5) is 24.0. The highest BCUT2D eigenvalue weighted by atomic mass is 127. The van der Waals surface area contributed by atoms with Gasteiger partial charge in [0.15, 0.2) is 6.61 Å².